The molecule has 4 aromatic rings. The number of nitriles is 1. The quantitative estimate of drug-likeness (QED) is 0.185. The third-order valence-electron chi connectivity index (χ3n) is 9.49. The minimum absolute atomic E-state index is 0.00280. The summed E-state index contributed by atoms with van der Waals surface area (Å²) in [6.07, 6.45) is -0.228. The number of thiophene rings is 1. The van der Waals surface area contributed by atoms with Crippen LogP contribution in [0.3, 0.4) is 0 Å². The van der Waals surface area contributed by atoms with Crippen molar-refractivity contribution in [2.24, 2.45) is 0 Å². The number of nitrogen functional groups attached to an aromatic ring is 1. The number of benzene rings is 2. The van der Waals surface area contributed by atoms with Crippen molar-refractivity contribution in [1.82, 2.24) is 19.8 Å². The number of nitrogens with zero attached hydrogens (tertiary/aromatic N) is 6. The summed E-state index contributed by atoms with van der Waals surface area (Å²) in [5, 5.41) is 9.79. The van der Waals surface area contributed by atoms with E-state index in [2.05, 4.69) is 21.4 Å². The Bertz CT molecular complexity index is 1960. The van der Waals surface area contributed by atoms with Gasteiger partial charge in [-0.2, -0.15) is 28.4 Å². The van der Waals surface area contributed by atoms with E-state index in [9.17, 15) is 32.0 Å². The third kappa shape index (κ3) is 6.47. The SMILES string of the molecule is C=CC(=O)N1CCC(N(C)c2nc(OC)nc3cc(-c4ccc(F)c5sc(N)c(C#N)c45)c(C(F)(F)F)cc23)C1.FC1CC2CCCN2C1. The molecule has 2 aromatic carbocycles. The van der Waals surface area contributed by atoms with Crippen LogP contribution in [0.15, 0.2) is 36.9 Å². The number of likely N-dealkylation sites (N-methyl/N-ethyl adjacent to an activating group) is 1. The largest absolute Gasteiger partial charge is 0.467 e. The van der Waals surface area contributed by atoms with Crippen molar-refractivity contribution in [2.75, 3.05) is 51.0 Å². The Labute approximate surface area is 283 Å². The van der Waals surface area contributed by atoms with Crippen molar-refractivity contribution >= 4 is 49.1 Å². The maximum Gasteiger partial charge on any atom is 0.417 e. The van der Waals surface area contributed by atoms with Gasteiger partial charge < -0.3 is 20.3 Å². The highest BCUT2D eigenvalue weighted by Gasteiger charge is 2.37. The summed E-state index contributed by atoms with van der Waals surface area (Å²) in [5.41, 5.74) is 4.66. The summed E-state index contributed by atoms with van der Waals surface area (Å²) in [4.78, 5) is 26.4. The van der Waals surface area contributed by atoms with E-state index in [4.69, 9.17) is 10.5 Å². The Hall–Kier alpha value is -4.55. The maximum atomic E-state index is 14.6. The summed E-state index contributed by atoms with van der Waals surface area (Å²) >= 11 is 0.799. The number of hydrogen-bond acceptors (Lipinski definition) is 9. The smallest absolute Gasteiger partial charge is 0.417 e. The van der Waals surface area contributed by atoms with E-state index >= 15 is 0 Å². The first kappa shape index (κ1) is 34.3. The Morgan fingerprint density at radius 1 is 1.20 bits per heavy atom. The van der Waals surface area contributed by atoms with Crippen LogP contribution in [0.25, 0.3) is 32.1 Å². The van der Waals surface area contributed by atoms with Gasteiger partial charge in [-0.3, -0.25) is 9.69 Å². The van der Waals surface area contributed by atoms with Gasteiger partial charge in [-0.15, -0.1) is 11.3 Å². The highest BCUT2D eigenvalue weighted by Crippen LogP contribution is 2.46. The van der Waals surface area contributed by atoms with Gasteiger partial charge >= 0.3 is 12.2 Å². The molecule has 15 heteroatoms. The van der Waals surface area contributed by atoms with Gasteiger partial charge in [0, 0.05) is 49.5 Å². The molecular formula is C34H34F5N7O2S. The fourth-order valence-corrected chi connectivity index (χ4v) is 8.02. The number of carbonyl (C=O) groups excluding carboxylic acids is 1. The summed E-state index contributed by atoms with van der Waals surface area (Å²) in [7, 11) is 3.03. The van der Waals surface area contributed by atoms with Crippen LogP contribution >= 0.6 is 11.3 Å². The number of halogens is 5. The summed E-state index contributed by atoms with van der Waals surface area (Å²) in [6.45, 7) is 6.16. The highest BCUT2D eigenvalue weighted by molar-refractivity contribution is 7.23. The van der Waals surface area contributed by atoms with Crippen LogP contribution in [-0.2, 0) is 11.0 Å². The first-order valence-corrected chi connectivity index (χ1v) is 16.6. The number of alkyl halides is 4. The Balaban J connectivity index is 0.000000396. The molecular weight excluding hydrogens is 665 g/mol. The topological polar surface area (TPSA) is 112 Å². The van der Waals surface area contributed by atoms with Gasteiger partial charge in [0.1, 0.15) is 28.9 Å². The number of anilines is 2. The molecule has 3 saturated heterocycles. The minimum Gasteiger partial charge on any atom is -0.467 e. The van der Waals surface area contributed by atoms with Gasteiger partial charge in [0.25, 0.3) is 0 Å². The fourth-order valence-electron chi connectivity index (χ4n) is 7.07. The van der Waals surface area contributed by atoms with Gasteiger partial charge in [-0.1, -0.05) is 12.6 Å². The zero-order valence-electron chi connectivity index (χ0n) is 26.9. The second-order valence-electron chi connectivity index (χ2n) is 12.4. The summed E-state index contributed by atoms with van der Waals surface area (Å²) < 4.78 is 76.3. The average molecular weight is 700 g/mol. The number of nitrogens with two attached hydrogens (primary N) is 1. The van der Waals surface area contributed by atoms with E-state index in [0.29, 0.717) is 32.1 Å². The van der Waals surface area contributed by atoms with Gasteiger partial charge in [0.2, 0.25) is 5.91 Å². The molecule has 7 rings (SSSR count). The lowest BCUT2D eigenvalue weighted by molar-refractivity contribution is -0.137. The van der Waals surface area contributed by atoms with Gasteiger partial charge in [-0.25, -0.2) is 8.78 Å². The third-order valence-corrected chi connectivity index (χ3v) is 10.5. The first-order valence-electron chi connectivity index (χ1n) is 15.7. The molecule has 1 amide bonds. The van der Waals surface area contributed by atoms with E-state index in [1.165, 1.54) is 38.2 Å². The second kappa shape index (κ2) is 13.4. The monoisotopic (exact) mass is 699 g/mol. The van der Waals surface area contributed by atoms with E-state index in [1.807, 2.05) is 6.07 Å². The number of carbonyl (C=O) groups is 1. The molecule has 0 aliphatic carbocycles. The molecule has 2 N–H and O–H groups in total. The predicted octanol–water partition coefficient (Wildman–Crippen LogP) is 6.55. The molecule has 2 aromatic heterocycles. The molecule has 258 valence electrons. The highest BCUT2D eigenvalue weighted by atomic mass is 32.1. The molecule has 5 heterocycles. The maximum absolute atomic E-state index is 14.6. The van der Waals surface area contributed by atoms with Crippen molar-refractivity contribution in [2.45, 2.75) is 50.1 Å². The van der Waals surface area contributed by atoms with Crippen molar-refractivity contribution < 1.29 is 31.5 Å². The number of methoxy groups -OCH3 is 1. The Morgan fingerprint density at radius 2 is 1.98 bits per heavy atom. The molecule has 0 saturated carbocycles. The molecule has 3 unspecified atom stereocenters. The normalized spacial score (nSPS) is 20.6. The van der Waals surface area contributed by atoms with Crippen LogP contribution in [0, 0.1) is 17.1 Å². The van der Waals surface area contributed by atoms with Gasteiger partial charge in [0.15, 0.2) is 0 Å². The molecule has 3 aliphatic rings. The first-order chi connectivity index (χ1) is 23.3. The number of ether oxygens (including phenoxy) is 1. The lowest BCUT2D eigenvalue weighted by Gasteiger charge is -2.27. The average Bonchev–Trinajstić information content (AvgIpc) is 3.87. The van der Waals surface area contributed by atoms with Crippen LogP contribution in [0.4, 0.5) is 32.8 Å². The van der Waals surface area contributed by atoms with Crippen LogP contribution < -0.4 is 15.4 Å². The number of fused-ring (bicyclic) bond motifs is 3. The van der Waals surface area contributed by atoms with E-state index in [1.54, 1.807) is 16.8 Å². The second-order valence-corrected chi connectivity index (χ2v) is 13.4. The lowest BCUT2D eigenvalue weighted by atomic mass is 9.93. The van der Waals surface area contributed by atoms with Crippen molar-refractivity contribution in [3.8, 4) is 23.2 Å². The molecule has 3 fully saturated rings. The molecule has 9 nitrogen and oxygen atoms in total. The standard InChI is InChI=1S/C27H22F4N6O2S.C7H12FN/c1-4-21(38)37-8-7-13(12-37)36(2)25-16-9-18(27(29,30)31)15(10-20(16)34-26(35-25)39-3)14-5-6-19(28)23-22(14)17(11-32)24(33)40-23;8-6-4-7-2-1-3-9(7)5-6/h4-6,9-10,13H,1,7-8,12,33H2,2-3H3;6-7H,1-5H2. The summed E-state index contributed by atoms with van der Waals surface area (Å²) in [5.74, 6) is -0.736. The zero-order valence-corrected chi connectivity index (χ0v) is 27.7. The van der Waals surface area contributed by atoms with E-state index in [-0.39, 0.29) is 66.5 Å². The summed E-state index contributed by atoms with van der Waals surface area (Å²) in [6, 6.07) is 6.65. The molecule has 0 bridgehead atoms. The zero-order chi connectivity index (χ0) is 35.2. The number of hydrogen-bond donors (Lipinski definition) is 1. The molecule has 3 aliphatic heterocycles. The Kier molecular flexibility index (Phi) is 9.38. The van der Waals surface area contributed by atoms with Crippen LogP contribution in [0.5, 0.6) is 6.01 Å². The van der Waals surface area contributed by atoms with Crippen LogP contribution in [0.2, 0.25) is 0 Å². The van der Waals surface area contributed by atoms with Crippen LogP contribution in [0.1, 0.15) is 36.8 Å². The molecule has 0 spiro atoms. The van der Waals surface area contributed by atoms with Gasteiger partial charge in [-0.05, 0) is 67.6 Å². The number of amides is 1. The Morgan fingerprint density at radius 3 is 2.65 bits per heavy atom. The minimum atomic E-state index is -4.82. The fraction of sp³-hybridized carbons (Fsp3) is 0.412. The van der Waals surface area contributed by atoms with Crippen molar-refractivity contribution in [1.29, 1.82) is 5.26 Å². The van der Waals surface area contributed by atoms with E-state index < -0.39 is 23.7 Å². The molecule has 49 heavy (non-hydrogen) atoms. The van der Waals surface area contributed by atoms with Crippen LogP contribution in [-0.4, -0.2) is 84.3 Å². The molecule has 3 atom stereocenters. The van der Waals surface area contributed by atoms with E-state index in [0.717, 1.165) is 36.4 Å². The van der Waals surface area contributed by atoms with Gasteiger partial charge in [0.05, 0.1) is 28.5 Å². The number of likely N-dealkylation sites (tertiary alicyclic amines) is 1. The van der Waals surface area contributed by atoms with Crippen molar-refractivity contribution in [3.63, 3.8) is 0 Å². The van der Waals surface area contributed by atoms with Crippen molar-refractivity contribution in [3.05, 3.63) is 53.9 Å². The lowest BCUT2D eigenvalue weighted by Crippen LogP contribution is -2.36. The number of aromatic nitrogens is 2. The predicted molar refractivity (Wildman–Crippen MR) is 179 cm³/mol. The number of rotatable bonds is 5. The molecule has 0 radical (unpaired) electrons.